The Balaban J connectivity index is 2.67. The monoisotopic (exact) mass is 215 g/mol. The van der Waals surface area contributed by atoms with Gasteiger partial charge in [-0.1, -0.05) is 24.6 Å². The van der Waals surface area contributed by atoms with Gasteiger partial charge >= 0.3 is 0 Å². The van der Waals surface area contributed by atoms with E-state index >= 15 is 0 Å². The first-order chi connectivity index (χ1) is 6.63. The van der Waals surface area contributed by atoms with E-state index in [9.17, 15) is 4.39 Å². The normalized spacial score (nSPS) is 12.9. The van der Waals surface area contributed by atoms with Gasteiger partial charge in [0.1, 0.15) is 5.82 Å². The summed E-state index contributed by atoms with van der Waals surface area (Å²) in [6.07, 6.45) is 1.82. The maximum Gasteiger partial charge on any atom is 0.124 e. The van der Waals surface area contributed by atoms with Crippen molar-refractivity contribution in [1.29, 1.82) is 0 Å². The molecule has 1 nitrogen and oxygen atoms in total. The lowest BCUT2D eigenvalue weighted by atomic mass is 9.98. The predicted octanol–water partition coefficient (Wildman–Crippen LogP) is 3.01. The molecular weight excluding hydrogens is 201 g/mol. The minimum absolute atomic E-state index is 0.287. The van der Waals surface area contributed by atoms with Crippen LogP contribution in [0.4, 0.5) is 4.39 Å². The van der Waals surface area contributed by atoms with Crippen LogP contribution in [0.25, 0.3) is 0 Å². The van der Waals surface area contributed by atoms with E-state index in [1.54, 1.807) is 6.07 Å². The Morgan fingerprint density at radius 3 is 2.79 bits per heavy atom. The molecule has 0 amide bonds. The molecule has 3 heteroatoms. The molecule has 0 aromatic heterocycles. The summed E-state index contributed by atoms with van der Waals surface area (Å²) in [5, 5.41) is 0.508. The fourth-order valence-electron chi connectivity index (χ4n) is 1.45. The molecule has 1 rings (SSSR count). The van der Waals surface area contributed by atoms with E-state index < -0.39 is 0 Å². The fraction of sp³-hybridized carbons (Fsp3) is 0.455. The van der Waals surface area contributed by atoms with Crippen LogP contribution in [0.5, 0.6) is 0 Å². The zero-order chi connectivity index (χ0) is 10.6. The topological polar surface area (TPSA) is 26.0 Å². The van der Waals surface area contributed by atoms with Gasteiger partial charge in [0, 0.05) is 5.02 Å². The highest BCUT2D eigenvalue weighted by Gasteiger charge is 2.06. The SMILES string of the molecule is CC(CCN)Cc1ccc(F)cc1Cl. The first-order valence-corrected chi connectivity index (χ1v) is 5.15. The molecular formula is C11H15ClFN. The molecule has 0 aliphatic heterocycles. The van der Waals surface area contributed by atoms with E-state index in [0.717, 1.165) is 18.4 Å². The first-order valence-electron chi connectivity index (χ1n) is 4.77. The number of hydrogen-bond donors (Lipinski definition) is 1. The van der Waals surface area contributed by atoms with Crippen molar-refractivity contribution in [3.8, 4) is 0 Å². The van der Waals surface area contributed by atoms with Gasteiger partial charge in [-0.2, -0.15) is 0 Å². The van der Waals surface area contributed by atoms with Gasteiger partial charge in [-0.3, -0.25) is 0 Å². The Bertz CT molecular complexity index is 301. The van der Waals surface area contributed by atoms with Crippen molar-refractivity contribution in [2.75, 3.05) is 6.54 Å². The molecule has 78 valence electrons. The van der Waals surface area contributed by atoms with Gasteiger partial charge in [0.25, 0.3) is 0 Å². The Morgan fingerprint density at radius 1 is 1.50 bits per heavy atom. The zero-order valence-corrected chi connectivity index (χ0v) is 9.02. The maximum absolute atomic E-state index is 12.7. The summed E-state index contributed by atoms with van der Waals surface area (Å²) in [4.78, 5) is 0. The van der Waals surface area contributed by atoms with E-state index in [1.807, 2.05) is 0 Å². The van der Waals surface area contributed by atoms with Crippen molar-refractivity contribution in [2.45, 2.75) is 19.8 Å². The Hall–Kier alpha value is -0.600. The van der Waals surface area contributed by atoms with E-state index in [2.05, 4.69) is 6.92 Å². The molecule has 0 aliphatic carbocycles. The summed E-state index contributed by atoms with van der Waals surface area (Å²) in [6, 6.07) is 4.53. The second-order valence-corrected chi connectivity index (χ2v) is 4.03. The summed E-state index contributed by atoms with van der Waals surface area (Å²) < 4.78 is 12.7. The number of nitrogens with two attached hydrogens (primary N) is 1. The highest BCUT2D eigenvalue weighted by atomic mass is 35.5. The number of benzene rings is 1. The third-order valence-electron chi connectivity index (χ3n) is 2.24. The highest BCUT2D eigenvalue weighted by Crippen LogP contribution is 2.21. The summed E-state index contributed by atoms with van der Waals surface area (Å²) in [5.74, 6) is 0.202. The van der Waals surface area contributed by atoms with E-state index in [-0.39, 0.29) is 5.82 Å². The van der Waals surface area contributed by atoms with Crippen molar-refractivity contribution in [3.63, 3.8) is 0 Å². The third kappa shape index (κ3) is 3.28. The van der Waals surface area contributed by atoms with Crippen molar-refractivity contribution in [1.82, 2.24) is 0 Å². The molecule has 14 heavy (non-hydrogen) atoms. The van der Waals surface area contributed by atoms with Crippen LogP contribution in [0.1, 0.15) is 18.9 Å². The molecule has 0 spiro atoms. The largest absolute Gasteiger partial charge is 0.330 e. The van der Waals surface area contributed by atoms with E-state index in [0.29, 0.717) is 17.5 Å². The lowest BCUT2D eigenvalue weighted by Gasteiger charge is -2.11. The summed E-state index contributed by atoms with van der Waals surface area (Å²) in [7, 11) is 0. The summed E-state index contributed by atoms with van der Waals surface area (Å²) >= 11 is 5.90. The lowest BCUT2D eigenvalue weighted by molar-refractivity contribution is 0.537. The van der Waals surface area contributed by atoms with Crippen LogP contribution in [0, 0.1) is 11.7 Å². The number of halogens is 2. The lowest BCUT2D eigenvalue weighted by Crippen LogP contribution is -2.08. The first kappa shape index (κ1) is 11.5. The Kier molecular flexibility index (Phi) is 4.36. The Labute approximate surface area is 89.1 Å². The number of rotatable bonds is 4. The van der Waals surface area contributed by atoms with Gasteiger partial charge in [0.15, 0.2) is 0 Å². The summed E-state index contributed by atoms with van der Waals surface area (Å²) in [5.41, 5.74) is 6.45. The molecule has 0 heterocycles. The minimum Gasteiger partial charge on any atom is -0.330 e. The number of hydrogen-bond acceptors (Lipinski definition) is 1. The molecule has 0 radical (unpaired) electrons. The molecule has 1 aromatic rings. The summed E-state index contributed by atoms with van der Waals surface area (Å²) in [6.45, 7) is 2.80. The Morgan fingerprint density at radius 2 is 2.21 bits per heavy atom. The molecule has 0 saturated heterocycles. The van der Waals surface area contributed by atoms with Crippen LogP contribution < -0.4 is 5.73 Å². The van der Waals surface area contributed by atoms with Gasteiger partial charge in [0.2, 0.25) is 0 Å². The van der Waals surface area contributed by atoms with Gasteiger partial charge < -0.3 is 5.73 Å². The highest BCUT2D eigenvalue weighted by molar-refractivity contribution is 6.31. The molecule has 1 aromatic carbocycles. The molecule has 1 unspecified atom stereocenters. The van der Waals surface area contributed by atoms with E-state index in [4.69, 9.17) is 17.3 Å². The molecule has 1 atom stereocenters. The van der Waals surface area contributed by atoms with Gasteiger partial charge in [-0.15, -0.1) is 0 Å². The second-order valence-electron chi connectivity index (χ2n) is 3.62. The smallest absolute Gasteiger partial charge is 0.124 e. The van der Waals surface area contributed by atoms with Crippen LogP contribution in [-0.4, -0.2) is 6.54 Å². The minimum atomic E-state index is -0.287. The van der Waals surface area contributed by atoms with Crippen LogP contribution >= 0.6 is 11.6 Å². The van der Waals surface area contributed by atoms with Crippen molar-refractivity contribution >= 4 is 11.6 Å². The predicted molar refractivity (Wildman–Crippen MR) is 57.9 cm³/mol. The third-order valence-corrected chi connectivity index (χ3v) is 2.59. The van der Waals surface area contributed by atoms with Gasteiger partial charge in [-0.25, -0.2) is 4.39 Å². The molecule has 0 bridgehead atoms. The molecule has 0 aliphatic rings. The molecule has 0 fully saturated rings. The second kappa shape index (κ2) is 5.32. The molecule has 2 N–H and O–H groups in total. The fourth-order valence-corrected chi connectivity index (χ4v) is 1.69. The van der Waals surface area contributed by atoms with Crippen molar-refractivity contribution in [3.05, 3.63) is 34.6 Å². The molecule has 0 saturated carbocycles. The van der Waals surface area contributed by atoms with Gasteiger partial charge in [-0.05, 0) is 43.0 Å². The average molecular weight is 216 g/mol. The van der Waals surface area contributed by atoms with E-state index in [1.165, 1.54) is 12.1 Å². The maximum atomic E-state index is 12.7. The van der Waals surface area contributed by atoms with Crippen LogP contribution in [0.15, 0.2) is 18.2 Å². The standard InChI is InChI=1S/C11H15ClFN/c1-8(4-5-14)6-9-2-3-10(13)7-11(9)12/h2-3,7-8H,4-6,14H2,1H3. The quantitative estimate of drug-likeness (QED) is 0.821. The van der Waals surface area contributed by atoms with Crippen LogP contribution in [0.3, 0.4) is 0 Å². The van der Waals surface area contributed by atoms with Crippen LogP contribution in [-0.2, 0) is 6.42 Å². The van der Waals surface area contributed by atoms with Gasteiger partial charge in [0.05, 0.1) is 0 Å². The van der Waals surface area contributed by atoms with Crippen LogP contribution in [0.2, 0.25) is 5.02 Å². The van der Waals surface area contributed by atoms with Crippen molar-refractivity contribution in [2.24, 2.45) is 11.7 Å². The van der Waals surface area contributed by atoms with Crippen molar-refractivity contribution < 1.29 is 4.39 Å². The average Bonchev–Trinajstić information content (AvgIpc) is 2.10. The zero-order valence-electron chi connectivity index (χ0n) is 8.26.